The summed E-state index contributed by atoms with van der Waals surface area (Å²) in [5.74, 6) is 0.206. The van der Waals surface area contributed by atoms with Gasteiger partial charge in [0.05, 0.1) is 5.69 Å². The van der Waals surface area contributed by atoms with Crippen molar-refractivity contribution in [2.24, 2.45) is 5.73 Å². The first-order chi connectivity index (χ1) is 9.16. The van der Waals surface area contributed by atoms with Crippen LogP contribution in [0.5, 0.6) is 0 Å². The zero-order valence-corrected chi connectivity index (χ0v) is 11.1. The Morgan fingerprint density at radius 3 is 2.74 bits per heavy atom. The first kappa shape index (κ1) is 13.6. The van der Waals surface area contributed by atoms with Crippen molar-refractivity contribution in [3.63, 3.8) is 0 Å². The number of aromatic nitrogens is 2. The zero-order valence-electron chi connectivity index (χ0n) is 10.3. The lowest BCUT2D eigenvalue weighted by Crippen LogP contribution is -2.32. The molecule has 19 heavy (non-hydrogen) atoms. The minimum Gasteiger partial charge on any atom is -0.480 e. The number of nitrogens with two attached hydrogens (primary N) is 1. The molecule has 1 aromatic carbocycles. The molecular formula is C13H15N3O2S. The van der Waals surface area contributed by atoms with Crippen LogP contribution in [-0.4, -0.2) is 32.7 Å². The van der Waals surface area contributed by atoms with E-state index in [-0.39, 0.29) is 0 Å². The number of carboxylic acids is 1. The monoisotopic (exact) mass is 277 g/mol. The Morgan fingerprint density at radius 1 is 1.42 bits per heavy atom. The molecule has 1 heterocycles. The number of nitrogens with zero attached hydrogens (tertiary/aromatic N) is 2. The molecule has 0 spiro atoms. The van der Waals surface area contributed by atoms with Crippen molar-refractivity contribution < 1.29 is 9.90 Å². The van der Waals surface area contributed by atoms with Crippen LogP contribution in [0.15, 0.2) is 42.7 Å². The van der Waals surface area contributed by atoms with Gasteiger partial charge in [0.2, 0.25) is 0 Å². The molecule has 0 unspecified atom stereocenters. The molecule has 0 saturated carbocycles. The predicted molar refractivity (Wildman–Crippen MR) is 75.3 cm³/mol. The van der Waals surface area contributed by atoms with Crippen LogP contribution in [0.4, 0.5) is 0 Å². The van der Waals surface area contributed by atoms with Crippen LogP contribution in [0.1, 0.15) is 5.56 Å². The second kappa shape index (κ2) is 6.40. The predicted octanol–water partition coefficient (Wildman–Crippen LogP) is 1.52. The first-order valence-electron chi connectivity index (χ1n) is 5.82. The van der Waals surface area contributed by atoms with Crippen molar-refractivity contribution in [2.75, 3.05) is 5.75 Å². The van der Waals surface area contributed by atoms with Crippen molar-refractivity contribution in [1.29, 1.82) is 0 Å². The first-order valence-corrected chi connectivity index (χ1v) is 6.97. The van der Waals surface area contributed by atoms with Gasteiger partial charge in [-0.25, -0.2) is 4.68 Å². The molecule has 100 valence electrons. The Morgan fingerprint density at radius 2 is 2.16 bits per heavy atom. The average Bonchev–Trinajstić information content (AvgIpc) is 2.93. The normalized spacial score (nSPS) is 12.3. The highest BCUT2D eigenvalue weighted by Gasteiger charge is 2.10. The molecule has 1 atom stereocenters. The fourth-order valence-corrected chi connectivity index (χ4v) is 2.48. The summed E-state index contributed by atoms with van der Waals surface area (Å²) in [6.45, 7) is 0. The van der Waals surface area contributed by atoms with Gasteiger partial charge in [-0.2, -0.15) is 16.9 Å². The van der Waals surface area contributed by atoms with Gasteiger partial charge in [0.15, 0.2) is 0 Å². The van der Waals surface area contributed by atoms with Crippen LogP contribution in [0, 0.1) is 0 Å². The van der Waals surface area contributed by atoms with Gasteiger partial charge in [0, 0.05) is 23.9 Å². The number of aliphatic carboxylic acids is 1. The summed E-state index contributed by atoms with van der Waals surface area (Å²) in [5, 5.41) is 12.8. The van der Waals surface area contributed by atoms with E-state index in [1.165, 1.54) is 11.8 Å². The highest BCUT2D eigenvalue weighted by Crippen LogP contribution is 2.15. The maximum Gasteiger partial charge on any atom is 0.321 e. The van der Waals surface area contributed by atoms with E-state index in [1.807, 2.05) is 36.5 Å². The third-order valence-corrected chi connectivity index (χ3v) is 3.72. The molecule has 0 amide bonds. The molecule has 0 aliphatic rings. The Balaban J connectivity index is 1.87. The minimum atomic E-state index is -0.957. The van der Waals surface area contributed by atoms with E-state index in [0.717, 1.165) is 17.0 Å². The Bertz CT molecular complexity index is 525. The second-order valence-corrected chi connectivity index (χ2v) is 5.11. The Hall–Kier alpha value is -1.79. The average molecular weight is 277 g/mol. The summed E-state index contributed by atoms with van der Waals surface area (Å²) < 4.78 is 1.79. The molecular weight excluding hydrogens is 262 g/mol. The molecule has 6 heteroatoms. The minimum absolute atomic E-state index is 0.413. The standard InChI is InChI=1S/C13H15N3O2S/c14-12(13(17)18)9-19-8-10-2-4-11(5-3-10)16-7-1-6-15-16/h1-7,12H,8-9,14H2,(H,17,18)/t12-/m1/s1. The maximum absolute atomic E-state index is 10.6. The number of rotatable bonds is 6. The third kappa shape index (κ3) is 3.84. The number of carbonyl (C=O) groups is 1. The quantitative estimate of drug-likeness (QED) is 0.836. The van der Waals surface area contributed by atoms with Crippen molar-refractivity contribution in [2.45, 2.75) is 11.8 Å². The fraction of sp³-hybridized carbons (Fsp3) is 0.231. The van der Waals surface area contributed by atoms with Gasteiger partial charge in [-0.1, -0.05) is 12.1 Å². The smallest absolute Gasteiger partial charge is 0.321 e. The molecule has 1 aromatic heterocycles. The van der Waals surface area contributed by atoms with Crippen LogP contribution < -0.4 is 5.73 Å². The van der Waals surface area contributed by atoms with E-state index in [0.29, 0.717) is 5.75 Å². The number of carboxylic acid groups (broad SMARTS) is 1. The molecule has 2 rings (SSSR count). The van der Waals surface area contributed by atoms with Crippen molar-refractivity contribution in [3.05, 3.63) is 48.3 Å². The highest BCUT2D eigenvalue weighted by atomic mass is 32.2. The molecule has 0 aliphatic heterocycles. The van der Waals surface area contributed by atoms with E-state index in [1.54, 1.807) is 10.9 Å². The van der Waals surface area contributed by atoms with E-state index in [2.05, 4.69) is 5.10 Å². The summed E-state index contributed by atoms with van der Waals surface area (Å²) in [4.78, 5) is 10.6. The van der Waals surface area contributed by atoms with E-state index < -0.39 is 12.0 Å². The fourth-order valence-electron chi connectivity index (χ4n) is 1.54. The van der Waals surface area contributed by atoms with E-state index in [4.69, 9.17) is 10.8 Å². The van der Waals surface area contributed by atoms with Gasteiger partial charge in [-0.15, -0.1) is 0 Å². The van der Waals surface area contributed by atoms with Crippen molar-refractivity contribution >= 4 is 17.7 Å². The molecule has 0 saturated heterocycles. The Labute approximate surface area is 115 Å². The molecule has 3 N–H and O–H groups in total. The number of thioether (sulfide) groups is 1. The van der Waals surface area contributed by atoms with Crippen molar-refractivity contribution in [1.82, 2.24) is 9.78 Å². The summed E-state index contributed by atoms with van der Waals surface area (Å²) in [6, 6.07) is 9.07. The topological polar surface area (TPSA) is 81.1 Å². The molecule has 0 bridgehead atoms. The second-order valence-electron chi connectivity index (χ2n) is 4.08. The molecule has 0 fully saturated rings. The summed E-state index contributed by atoms with van der Waals surface area (Å²) in [6.07, 6.45) is 3.62. The summed E-state index contributed by atoms with van der Waals surface area (Å²) >= 11 is 1.52. The molecule has 5 nitrogen and oxygen atoms in total. The lowest BCUT2D eigenvalue weighted by Gasteiger charge is -2.07. The summed E-state index contributed by atoms with van der Waals surface area (Å²) in [7, 11) is 0. The number of hydrogen-bond acceptors (Lipinski definition) is 4. The van der Waals surface area contributed by atoms with Crippen LogP contribution in [0.25, 0.3) is 5.69 Å². The van der Waals surface area contributed by atoms with Crippen LogP contribution in [0.2, 0.25) is 0 Å². The SMILES string of the molecule is N[C@H](CSCc1ccc(-n2cccn2)cc1)C(=O)O. The third-order valence-electron chi connectivity index (χ3n) is 2.59. The van der Waals surface area contributed by atoms with Gasteiger partial charge in [-0.3, -0.25) is 4.79 Å². The molecule has 0 radical (unpaired) electrons. The van der Waals surface area contributed by atoms with Crippen LogP contribution in [0.3, 0.4) is 0 Å². The largest absolute Gasteiger partial charge is 0.480 e. The zero-order chi connectivity index (χ0) is 13.7. The van der Waals surface area contributed by atoms with Crippen LogP contribution in [-0.2, 0) is 10.5 Å². The van der Waals surface area contributed by atoms with Crippen LogP contribution >= 0.6 is 11.8 Å². The number of hydrogen-bond donors (Lipinski definition) is 2. The number of benzene rings is 1. The van der Waals surface area contributed by atoms with Gasteiger partial charge in [0.25, 0.3) is 0 Å². The van der Waals surface area contributed by atoms with Gasteiger partial charge < -0.3 is 10.8 Å². The maximum atomic E-state index is 10.6. The molecule has 2 aromatic rings. The lowest BCUT2D eigenvalue weighted by molar-refractivity contribution is -0.137. The van der Waals surface area contributed by atoms with E-state index in [9.17, 15) is 4.79 Å². The van der Waals surface area contributed by atoms with Gasteiger partial charge in [-0.05, 0) is 23.8 Å². The van der Waals surface area contributed by atoms with Gasteiger partial charge in [0.1, 0.15) is 6.04 Å². The lowest BCUT2D eigenvalue weighted by atomic mass is 10.2. The summed E-state index contributed by atoms with van der Waals surface area (Å²) in [5.41, 5.74) is 7.58. The highest BCUT2D eigenvalue weighted by molar-refractivity contribution is 7.98. The van der Waals surface area contributed by atoms with Crippen molar-refractivity contribution in [3.8, 4) is 5.69 Å². The van der Waals surface area contributed by atoms with E-state index >= 15 is 0 Å². The molecule has 0 aliphatic carbocycles. The Kier molecular flexibility index (Phi) is 4.59. The van der Waals surface area contributed by atoms with Gasteiger partial charge >= 0.3 is 5.97 Å².